The molecule has 134 valence electrons. The van der Waals surface area contributed by atoms with Gasteiger partial charge in [0.1, 0.15) is 11.6 Å². The van der Waals surface area contributed by atoms with Crippen LogP contribution < -0.4 is 0 Å². The Labute approximate surface area is 145 Å². The maximum absolute atomic E-state index is 12.2. The van der Waals surface area contributed by atoms with Crippen molar-refractivity contribution < 1.29 is 14.7 Å². The Morgan fingerprint density at radius 2 is 1.83 bits per heavy atom. The molecule has 0 saturated heterocycles. The summed E-state index contributed by atoms with van der Waals surface area (Å²) in [7, 11) is 0. The average Bonchev–Trinajstić information content (AvgIpc) is 2.78. The van der Waals surface area contributed by atoms with Crippen LogP contribution in [0.2, 0.25) is 0 Å². The second-order valence-corrected chi connectivity index (χ2v) is 9.84. The van der Waals surface area contributed by atoms with Gasteiger partial charge >= 0.3 is 0 Å². The van der Waals surface area contributed by atoms with Crippen LogP contribution in [0.5, 0.6) is 0 Å². The number of aliphatic hydroxyl groups excluding tert-OH is 1. The summed E-state index contributed by atoms with van der Waals surface area (Å²) in [5.74, 6) is 2.84. The maximum atomic E-state index is 12.2. The van der Waals surface area contributed by atoms with Crippen molar-refractivity contribution >= 4 is 11.6 Å². The Balaban J connectivity index is 1.65. The fourth-order valence-electron chi connectivity index (χ4n) is 7.79. The van der Waals surface area contributed by atoms with Crippen molar-refractivity contribution in [1.29, 1.82) is 0 Å². The smallest absolute Gasteiger partial charge is 0.136 e. The van der Waals surface area contributed by atoms with Crippen LogP contribution in [0.25, 0.3) is 0 Å². The minimum absolute atomic E-state index is 0.0138. The van der Waals surface area contributed by atoms with E-state index in [1.165, 1.54) is 12.8 Å². The molecule has 4 aliphatic rings. The Morgan fingerprint density at radius 1 is 1.08 bits per heavy atom. The molecule has 4 rings (SSSR count). The zero-order valence-electron chi connectivity index (χ0n) is 15.4. The van der Waals surface area contributed by atoms with Crippen LogP contribution in [0.15, 0.2) is 0 Å². The number of Topliss-reactive ketones (excluding diaryl/α,β-unsaturated/α-hetero) is 2. The maximum Gasteiger partial charge on any atom is 0.136 e. The molecule has 0 spiro atoms. The molecule has 0 aliphatic heterocycles. The van der Waals surface area contributed by atoms with E-state index in [-0.39, 0.29) is 17.1 Å². The molecule has 0 radical (unpaired) electrons. The zero-order chi connectivity index (χ0) is 17.3. The minimum Gasteiger partial charge on any atom is -0.392 e. The standard InChI is InChI=1S/C21H32O3/c1-12(22)19-18(24)11-17-15-5-4-13-10-14(23)6-8-20(13,2)16(15)7-9-21(17,19)3/h13,15-19,24H,4-11H2,1-3H3/t13?,15-,16+,17+,18?,19+,20+,21+/m1/s1. The van der Waals surface area contributed by atoms with Gasteiger partial charge in [0, 0.05) is 18.8 Å². The van der Waals surface area contributed by atoms with E-state index in [0.717, 1.165) is 38.5 Å². The van der Waals surface area contributed by atoms with Crippen molar-refractivity contribution in [3.63, 3.8) is 0 Å². The molecule has 4 saturated carbocycles. The Kier molecular flexibility index (Phi) is 3.77. The molecule has 3 heteroatoms. The molecule has 0 aromatic rings. The summed E-state index contributed by atoms with van der Waals surface area (Å²) in [5.41, 5.74) is 0.289. The molecule has 0 aromatic carbocycles. The summed E-state index contributed by atoms with van der Waals surface area (Å²) >= 11 is 0. The highest BCUT2D eigenvalue weighted by Crippen LogP contribution is 2.67. The number of fused-ring (bicyclic) bond motifs is 5. The minimum atomic E-state index is -0.449. The molecule has 24 heavy (non-hydrogen) atoms. The molecule has 0 aromatic heterocycles. The third kappa shape index (κ3) is 2.12. The van der Waals surface area contributed by atoms with Crippen LogP contribution in [0.4, 0.5) is 0 Å². The number of hydrogen-bond donors (Lipinski definition) is 1. The van der Waals surface area contributed by atoms with Crippen molar-refractivity contribution in [2.75, 3.05) is 0 Å². The summed E-state index contributed by atoms with van der Waals surface area (Å²) < 4.78 is 0. The van der Waals surface area contributed by atoms with E-state index in [9.17, 15) is 14.7 Å². The number of carbonyl (C=O) groups is 2. The number of rotatable bonds is 1. The van der Waals surface area contributed by atoms with Crippen molar-refractivity contribution in [2.24, 2.45) is 40.4 Å². The summed E-state index contributed by atoms with van der Waals surface area (Å²) in [6, 6.07) is 0. The van der Waals surface area contributed by atoms with Crippen LogP contribution in [-0.4, -0.2) is 22.8 Å². The van der Waals surface area contributed by atoms with Gasteiger partial charge in [-0.15, -0.1) is 0 Å². The Bertz CT molecular complexity index is 569. The van der Waals surface area contributed by atoms with Crippen molar-refractivity contribution in [3.8, 4) is 0 Å². The fraction of sp³-hybridized carbons (Fsp3) is 0.905. The van der Waals surface area contributed by atoms with E-state index in [0.29, 0.717) is 34.9 Å². The van der Waals surface area contributed by atoms with Gasteiger partial charge < -0.3 is 5.11 Å². The van der Waals surface area contributed by atoms with Crippen molar-refractivity contribution in [1.82, 2.24) is 0 Å². The molecular weight excluding hydrogens is 300 g/mol. The normalized spacial score (nSPS) is 53.9. The van der Waals surface area contributed by atoms with E-state index in [2.05, 4.69) is 13.8 Å². The summed E-state index contributed by atoms with van der Waals surface area (Å²) in [5, 5.41) is 10.6. The third-order valence-electron chi connectivity index (χ3n) is 8.95. The second-order valence-electron chi connectivity index (χ2n) is 9.84. The second kappa shape index (κ2) is 5.40. The highest BCUT2D eigenvalue weighted by atomic mass is 16.3. The average molecular weight is 332 g/mol. The number of aliphatic hydroxyl groups is 1. The lowest BCUT2D eigenvalue weighted by Gasteiger charge is -2.60. The fourth-order valence-corrected chi connectivity index (χ4v) is 7.79. The molecule has 8 atom stereocenters. The lowest BCUT2D eigenvalue weighted by atomic mass is 9.44. The van der Waals surface area contributed by atoms with Crippen LogP contribution in [0.3, 0.4) is 0 Å². The topological polar surface area (TPSA) is 54.4 Å². The van der Waals surface area contributed by atoms with E-state index >= 15 is 0 Å². The predicted molar refractivity (Wildman–Crippen MR) is 92.3 cm³/mol. The predicted octanol–water partition coefficient (Wildman–Crippen LogP) is 3.77. The Morgan fingerprint density at radius 3 is 2.54 bits per heavy atom. The van der Waals surface area contributed by atoms with Gasteiger partial charge in [-0.3, -0.25) is 9.59 Å². The first-order chi connectivity index (χ1) is 11.3. The van der Waals surface area contributed by atoms with Crippen LogP contribution in [0.1, 0.15) is 72.1 Å². The first-order valence-electron chi connectivity index (χ1n) is 9.97. The molecule has 4 aliphatic carbocycles. The van der Waals surface area contributed by atoms with E-state index in [4.69, 9.17) is 0 Å². The van der Waals surface area contributed by atoms with Gasteiger partial charge in [0.15, 0.2) is 0 Å². The number of ketones is 2. The molecule has 0 bridgehead atoms. The molecule has 3 nitrogen and oxygen atoms in total. The van der Waals surface area contributed by atoms with Crippen LogP contribution >= 0.6 is 0 Å². The van der Waals surface area contributed by atoms with Gasteiger partial charge in [0.25, 0.3) is 0 Å². The van der Waals surface area contributed by atoms with Gasteiger partial charge in [-0.05, 0) is 80.0 Å². The van der Waals surface area contributed by atoms with E-state index < -0.39 is 6.10 Å². The van der Waals surface area contributed by atoms with Gasteiger partial charge in [0.2, 0.25) is 0 Å². The van der Waals surface area contributed by atoms with Crippen LogP contribution in [-0.2, 0) is 9.59 Å². The largest absolute Gasteiger partial charge is 0.392 e. The van der Waals surface area contributed by atoms with E-state index in [1.54, 1.807) is 6.92 Å². The number of hydrogen-bond acceptors (Lipinski definition) is 3. The van der Waals surface area contributed by atoms with Crippen LogP contribution in [0, 0.1) is 40.4 Å². The monoisotopic (exact) mass is 332 g/mol. The zero-order valence-corrected chi connectivity index (χ0v) is 15.4. The summed E-state index contributed by atoms with van der Waals surface area (Å²) in [4.78, 5) is 24.2. The molecular formula is C21H32O3. The molecule has 1 N–H and O–H groups in total. The first-order valence-corrected chi connectivity index (χ1v) is 9.97. The quantitative estimate of drug-likeness (QED) is 0.795. The first kappa shape index (κ1) is 16.8. The van der Waals surface area contributed by atoms with Gasteiger partial charge in [-0.1, -0.05) is 13.8 Å². The lowest BCUT2D eigenvalue weighted by Crippen LogP contribution is -2.54. The summed E-state index contributed by atoms with van der Waals surface area (Å²) in [6.07, 6.45) is 7.56. The highest BCUT2D eigenvalue weighted by Gasteiger charge is 2.62. The van der Waals surface area contributed by atoms with Crippen molar-refractivity contribution in [3.05, 3.63) is 0 Å². The lowest BCUT2D eigenvalue weighted by molar-refractivity contribution is -0.144. The molecule has 0 heterocycles. The molecule has 2 unspecified atom stereocenters. The third-order valence-corrected chi connectivity index (χ3v) is 8.95. The van der Waals surface area contributed by atoms with E-state index in [1.807, 2.05) is 0 Å². The number of carbonyl (C=O) groups excluding carboxylic acids is 2. The summed E-state index contributed by atoms with van der Waals surface area (Å²) in [6.45, 7) is 6.38. The van der Waals surface area contributed by atoms with Gasteiger partial charge in [-0.2, -0.15) is 0 Å². The van der Waals surface area contributed by atoms with Gasteiger partial charge in [-0.25, -0.2) is 0 Å². The molecule has 4 fully saturated rings. The van der Waals surface area contributed by atoms with Crippen molar-refractivity contribution in [2.45, 2.75) is 78.2 Å². The SMILES string of the molecule is CC(=O)[C@H]1C(O)C[C@H]2[C@@H]3CCC4CC(=O)CC[C@]4(C)[C@H]3CC[C@]12C. The van der Waals surface area contributed by atoms with Gasteiger partial charge in [0.05, 0.1) is 6.10 Å². The molecule has 0 amide bonds. The Hall–Kier alpha value is -0.700. The highest BCUT2D eigenvalue weighted by molar-refractivity contribution is 5.80.